The molecule has 0 saturated heterocycles. The van der Waals surface area contributed by atoms with Gasteiger partial charge in [0.05, 0.1) is 24.2 Å². The average molecular weight is 479 g/mol. The molecule has 5 aromatic carbocycles. The molecular weight excluding hydrogens is 450 g/mol. The Morgan fingerprint density at radius 1 is 0.778 bits per heavy atom. The number of hydrogen-bond acceptors (Lipinski definition) is 5. The van der Waals surface area contributed by atoms with Crippen molar-refractivity contribution in [3.8, 4) is 16.9 Å². The third-order valence-electron chi connectivity index (χ3n) is 7.15. The Morgan fingerprint density at radius 2 is 1.50 bits per heavy atom. The summed E-state index contributed by atoms with van der Waals surface area (Å²) in [5, 5.41) is 38.7. The fourth-order valence-corrected chi connectivity index (χ4v) is 5.52. The molecule has 0 bridgehead atoms. The highest BCUT2D eigenvalue weighted by atomic mass is 16.3. The second-order valence-corrected chi connectivity index (χ2v) is 9.14. The molecule has 6 rings (SSSR count). The zero-order chi connectivity index (χ0) is 24.8. The lowest BCUT2D eigenvalue weighted by Crippen LogP contribution is -2.29. The topological polar surface area (TPSA) is 79.0 Å². The van der Waals surface area contributed by atoms with Gasteiger partial charge in [-0.05, 0) is 42.5 Å². The second kappa shape index (κ2) is 8.82. The molecule has 5 aromatic rings. The van der Waals surface area contributed by atoms with Crippen LogP contribution < -0.4 is 20.1 Å². The van der Waals surface area contributed by atoms with Crippen molar-refractivity contribution in [2.75, 3.05) is 43.6 Å². The van der Waals surface area contributed by atoms with Gasteiger partial charge in [-0.1, -0.05) is 30.3 Å². The fraction of sp³-hybridized carbons (Fsp3) is 0.167. The molecule has 0 atom stereocenters. The molecule has 0 aliphatic carbocycles. The summed E-state index contributed by atoms with van der Waals surface area (Å²) in [7, 11) is 2.05. The van der Waals surface area contributed by atoms with Crippen LogP contribution in [0.25, 0.3) is 32.7 Å². The van der Waals surface area contributed by atoms with Gasteiger partial charge in [0.1, 0.15) is 18.4 Å². The van der Waals surface area contributed by atoms with E-state index in [2.05, 4.69) is 47.3 Å². The number of phenolic OH excluding ortho intramolecular Hbond substituents is 1. The van der Waals surface area contributed by atoms with Gasteiger partial charge in [0.15, 0.2) is 0 Å². The summed E-state index contributed by atoms with van der Waals surface area (Å²) < 4.78 is 2.17. The van der Waals surface area contributed by atoms with E-state index in [4.69, 9.17) is 0 Å². The first-order valence-corrected chi connectivity index (χ1v) is 12.2. The molecule has 0 fully saturated rings. The first kappa shape index (κ1) is 22.3. The Hall–Kier alpha value is -4.13. The number of aromatic hydroxyl groups is 1. The third kappa shape index (κ3) is 3.38. The number of anilines is 3. The minimum Gasteiger partial charge on any atom is -0.506 e. The number of nitrogens with zero attached hydrogens (tertiary/aromatic N) is 2. The predicted molar refractivity (Wildman–Crippen MR) is 147 cm³/mol. The molecule has 180 valence electrons. The highest BCUT2D eigenvalue weighted by molar-refractivity contribution is 6.19. The molecule has 36 heavy (non-hydrogen) atoms. The maximum atomic E-state index is 11.4. The van der Waals surface area contributed by atoms with E-state index in [0.29, 0.717) is 18.8 Å². The van der Waals surface area contributed by atoms with Crippen molar-refractivity contribution in [1.29, 1.82) is 0 Å². The number of nitrogens with one attached hydrogen (secondary N) is 1. The van der Waals surface area contributed by atoms with Crippen molar-refractivity contribution >= 4 is 44.3 Å². The Bertz CT molecular complexity index is 1660. The summed E-state index contributed by atoms with van der Waals surface area (Å²) in [5.41, 5.74) is 5.87. The summed E-state index contributed by atoms with van der Waals surface area (Å²) >= 11 is 0. The van der Waals surface area contributed by atoms with Gasteiger partial charge < -0.3 is 25.5 Å². The summed E-state index contributed by atoms with van der Waals surface area (Å²) in [6.45, 7) is 1.00. The zero-order valence-electron chi connectivity index (χ0n) is 20.1. The van der Waals surface area contributed by atoms with Gasteiger partial charge in [-0.2, -0.15) is 4.58 Å². The van der Waals surface area contributed by atoms with Crippen molar-refractivity contribution in [2.24, 2.45) is 0 Å². The van der Waals surface area contributed by atoms with Crippen LogP contribution in [0.5, 0.6) is 5.75 Å². The summed E-state index contributed by atoms with van der Waals surface area (Å²) in [4.78, 5) is 1.95. The Kier molecular flexibility index (Phi) is 5.48. The number of para-hydroxylation sites is 1. The summed E-state index contributed by atoms with van der Waals surface area (Å²) in [6, 6.07) is 26.5. The number of aliphatic hydroxyl groups excluding tert-OH is 2. The molecule has 4 N–H and O–H groups in total. The first-order valence-electron chi connectivity index (χ1n) is 12.2. The zero-order valence-corrected chi connectivity index (χ0v) is 20.1. The molecule has 0 radical (unpaired) electrons. The number of aliphatic hydroxyl groups is 2. The van der Waals surface area contributed by atoms with E-state index < -0.39 is 0 Å². The number of fused-ring (bicyclic) bond motifs is 4. The molecule has 1 aliphatic heterocycles. The predicted octanol–water partition coefficient (Wildman–Crippen LogP) is 4.39. The quantitative estimate of drug-likeness (QED) is 0.261. The van der Waals surface area contributed by atoms with Gasteiger partial charge in [0.2, 0.25) is 11.0 Å². The fourth-order valence-electron chi connectivity index (χ4n) is 5.52. The molecule has 6 nitrogen and oxygen atoms in total. The minimum atomic E-state index is 0.0307. The number of phenols is 1. The minimum absolute atomic E-state index is 0.0307. The largest absolute Gasteiger partial charge is 0.506 e. The van der Waals surface area contributed by atoms with Gasteiger partial charge in [0.25, 0.3) is 0 Å². The van der Waals surface area contributed by atoms with Crippen LogP contribution in [0.3, 0.4) is 0 Å². The normalized spacial score (nSPS) is 12.2. The van der Waals surface area contributed by atoms with Crippen LogP contribution in [0, 0.1) is 0 Å². The van der Waals surface area contributed by atoms with Gasteiger partial charge in [-0.3, -0.25) is 0 Å². The van der Waals surface area contributed by atoms with E-state index >= 15 is 0 Å². The van der Waals surface area contributed by atoms with Crippen LogP contribution in [0.2, 0.25) is 0 Å². The van der Waals surface area contributed by atoms with Crippen molar-refractivity contribution < 1.29 is 15.3 Å². The monoisotopic (exact) mass is 478 g/mol. The van der Waals surface area contributed by atoms with Crippen LogP contribution in [-0.4, -0.2) is 48.7 Å². The standard InChI is InChI=1S/C30H27N3O3/c1-32-26-8-3-2-5-22(26)28-29(32)23-13-14-25(21-6-4-7-24(27(21)23)30(28)36)31-19-9-11-20(12-10-19)33(15-17-34)16-18-35/h2-14,34-35H,15-18H2,1H3,(H,31,36)/p+1. The lowest BCUT2D eigenvalue weighted by Gasteiger charge is -2.23. The molecule has 1 heterocycles. The van der Waals surface area contributed by atoms with Gasteiger partial charge in [-0.15, -0.1) is 0 Å². The third-order valence-corrected chi connectivity index (χ3v) is 7.15. The van der Waals surface area contributed by atoms with Crippen molar-refractivity contribution in [3.05, 3.63) is 84.2 Å². The van der Waals surface area contributed by atoms with Gasteiger partial charge >= 0.3 is 0 Å². The first-order chi connectivity index (χ1) is 17.6. The van der Waals surface area contributed by atoms with E-state index in [-0.39, 0.29) is 13.2 Å². The van der Waals surface area contributed by atoms with Crippen LogP contribution in [0.1, 0.15) is 0 Å². The van der Waals surface area contributed by atoms with E-state index in [1.54, 1.807) is 0 Å². The highest BCUT2D eigenvalue weighted by Crippen LogP contribution is 2.44. The number of benzene rings is 5. The van der Waals surface area contributed by atoms with Crippen LogP contribution in [0.4, 0.5) is 22.7 Å². The molecule has 0 spiro atoms. The highest BCUT2D eigenvalue weighted by Gasteiger charge is 2.31. The maximum Gasteiger partial charge on any atom is 0.225 e. The van der Waals surface area contributed by atoms with Crippen molar-refractivity contribution in [2.45, 2.75) is 0 Å². The smallest absolute Gasteiger partial charge is 0.225 e. The average Bonchev–Trinajstić information content (AvgIpc) is 3.21. The van der Waals surface area contributed by atoms with Crippen LogP contribution in [0.15, 0.2) is 78.9 Å². The SMILES string of the molecule is C[N+]1=c2c(c(O)c3cccc4c(Nc5ccc(N(CCO)CCO)cc5)ccc2c43)-c2ccccc21. The number of hydrogen-bond donors (Lipinski definition) is 4. The van der Waals surface area contributed by atoms with E-state index in [0.717, 1.165) is 60.8 Å². The lowest BCUT2D eigenvalue weighted by atomic mass is 9.93. The van der Waals surface area contributed by atoms with Gasteiger partial charge in [0, 0.05) is 52.4 Å². The van der Waals surface area contributed by atoms with Gasteiger partial charge in [-0.25, -0.2) is 0 Å². The Labute approximate surface area is 209 Å². The molecular formula is C30H28N3O3+. The maximum absolute atomic E-state index is 11.4. The summed E-state index contributed by atoms with van der Waals surface area (Å²) in [6.07, 6.45) is 0. The van der Waals surface area contributed by atoms with Crippen molar-refractivity contribution in [1.82, 2.24) is 4.58 Å². The van der Waals surface area contributed by atoms with E-state index in [1.165, 1.54) is 0 Å². The van der Waals surface area contributed by atoms with E-state index in [9.17, 15) is 15.3 Å². The summed E-state index contributed by atoms with van der Waals surface area (Å²) in [5.74, 6) is 0.314. The molecule has 6 heteroatoms. The molecule has 1 aliphatic rings. The molecule has 0 amide bonds. The van der Waals surface area contributed by atoms with Crippen molar-refractivity contribution in [3.63, 3.8) is 0 Å². The molecule has 0 aromatic heterocycles. The van der Waals surface area contributed by atoms with Crippen LogP contribution >= 0.6 is 0 Å². The van der Waals surface area contributed by atoms with E-state index in [1.807, 2.05) is 53.4 Å². The Morgan fingerprint density at radius 3 is 2.25 bits per heavy atom. The molecule has 0 unspecified atom stereocenters. The number of rotatable bonds is 7. The molecule has 0 saturated carbocycles. The lowest BCUT2D eigenvalue weighted by molar-refractivity contribution is 0.281. The Balaban J connectivity index is 1.46. The second-order valence-electron chi connectivity index (χ2n) is 9.14. The van der Waals surface area contributed by atoms with Crippen LogP contribution in [-0.2, 0) is 0 Å².